The van der Waals surface area contributed by atoms with Crippen LogP contribution in [-0.2, 0) is 10.0 Å². The Balaban J connectivity index is 2.23. The molecule has 0 aromatic heterocycles. The molecule has 0 saturated heterocycles. The van der Waals surface area contributed by atoms with Crippen molar-refractivity contribution in [2.75, 3.05) is 10.5 Å². The Morgan fingerprint density at radius 1 is 1.33 bits per heavy atom. The SMILES string of the molecule is Nc1cc(Br)cc(NS(=O)(=O)C2CC2)c1. The molecule has 1 aliphatic rings. The van der Waals surface area contributed by atoms with E-state index in [-0.39, 0.29) is 5.25 Å². The average molecular weight is 291 g/mol. The van der Waals surface area contributed by atoms with E-state index in [1.54, 1.807) is 18.2 Å². The van der Waals surface area contributed by atoms with E-state index in [4.69, 9.17) is 5.73 Å². The predicted molar refractivity (Wildman–Crippen MR) is 64.1 cm³/mol. The summed E-state index contributed by atoms with van der Waals surface area (Å²) >= 11 is 3.26. The lowest BCUT2D eigenvalue weighted by molar-refractivity contribution is 0.600. The first-order valence-corrected chi connectivity index (χ1v) is 6.89. The molecule has 1 aliphatic carbocycles. The van der Waals surface area contributed by atoms with Gasteiger partial charge in [-0.25, -0.2) is 8.42 Å². The minimum atomic E-state index is -3.20. The number of halogens is 1. The summed E-state index contributed by atoms with van der Waals surface area (Å²) in [5.74, 6) is 0. The molecule has 1 aromatic carbocycles. The van der Waals surface area contributed by atoms with Crippen LogP contribution in [0.1, 0.15) is 12.8 Å². The summed E-state index contributed by atoms with van der Waals surface area (Å²) in [5.41, 5.74) is 6.64. The normalized spacial score (nSPS) is 16.3. The fraction of sp³-hybridized carbons (Fsp3) is 0.333. The molecule has 1 saturated carbocycles. The monoisotopic (exact) mass is 290 g/mol. The molecule has 1 aromatic rings. The van der Waals surface area contributed by atoms with Gasteiger partial charge in [0.05, 0.1) is 10.9 Å². The molecule has 0 aliphatic heterocycles. The highest BCUT2D eigenvalue weighted by molar-refractivity contribution is 9.10. The Bertz CT molecular complexity index is 463. The first-order valence-electron chi connectivity index (χ1n) is 4.55. The lowest BCUT2D eigenvalue weighted by atomic mass is 10.3. The topological polar surface area (TPSA) is 72.2 Å². The van der Waals surface area contributed by atoms with Crippen LogP contribution < -0.4 is 10.5 Å². The van der Waals surface area contributed by atoms with Crippen LogP contribution >= 0.6 is 15.9 Å². The van der Waals surface area contributed by atoms with E-state index in [1.165, 1.54) is 0 Å². The number of nitrogen functional groups attached to an aromatic ring is 1. The highest BCUT2D eigenvalue weighted by atomic mass is 79.9. The molecule has 0 bridgehead atoms. The molecular formula is C9H11BrN2O2S. The zero-order valence-corrected chi connectivity index (χ0v) is 10.3. The van der Waals surface area contributed by atoms with Crippen LogP contribution in [-0.4, -0.2) is 13.7 Å². The van der Waals surface area contributed by atoms with Gasteiger partial charge in [0.2, 0.25) is 10.0 Å². The highest BCUT2D eigenvalue weighted by Crippen LogP contribution is 2.30. The molecule has 0 radical (unpaired) electrons. The third kappa shape index (κ3) is 2.63. The standard InChI is InChI=1S/C9H11BrN2O2S/c10-6-3-7(11)5-8(4-6)12-15(13,14)9-1-2-9/h3-5,9,12H,1-2,11H2. The molecule has 1 fully saturated rings. The summed E-state index contributed by atoms with van der Waals surface area (Å²) in [6.45, 7) is 0. The number of rotatable bonds is 3. The minimum absolute atomic E-state index is 0.224. The fourth-order valence-electron chi connectivity index (χ4n) is 1.30. The van der Waals surface area contributed by atoms with Crippen molar-refractivity contribution in [1.29, 1.82) is 0 Å². The molecular weight excluding hydrogens is 280 g/mol. The maximum absolute atomic E-state index is 11.6. The van der Waals surface area contributed by atoms with Crippen molar-refractivity contribution in [3.8, 4) is 0 Å². The number of nitrogens with two attached hydrogens (primary N) is 1. The second-order valence-electron chi connectivity index (χ2n) is 3.62. The Morgan fingerprint density at radius 3 is 2.53 bits per heavy atom. The number of hydrogen-bond donors (Lipinski definition) is 2. The van der Waals surface area contributed by atoms with Gasteiger partial charge in [0.15, 0.2) is 0 Å². The molecule has 0 atom stereocenters. The quantitative estimate of drug-likeness (QED) is 0.836. The van der Waals surface area contributed by atoms with Crippen molar-refractivity contribution < 1.29 is 8.42 Å². The van der Waals surface area contributed by atoms with Crippen LogP contribution in [0.4, 0.5) is 11.4 Å². The molecule has 0 heterocycles. The van der Waals surface area contributed by atoms with E-state index in [9.17, 15) is 8.42 Å². The first kappa shape index (κ1) is 10.8. The van der Waals surface area contributed by atoms with Crippen molar-refractivity contribution in [2.24, 2.45) is 0 Å². The van der Waals surface area contributed by atoms with Crippen LogP contribution in [0.25, 0.3) is 0 Å². The molecule has 6 heteroatoms. The summed E-state index contributed by atoms with van der Waals surface area (Å²) in [5, 5.41) is -0.224. The van der Waals surface area contributed by atoms with Gasteiger partial charge in [-0.3, -0.25) is 4.72 Å². The van der Waals surface area contributed by atoms with Gasteiger partial charge in [0.25, 0.3) is 0 Å². The average Bonchev–Trinajstić information content (AvgIpc) is 2.80. The molecule has 2 rings (SSSR count). The molecule has 0 amide bonds. The first-order chi connectivity index (χ1) is 6.97. The van der Waals surface area contributed by atoms with E-state index >= 15 is 0 Å². The fourth-order valence-corrected chi connectivity index (χ4v) is 3.18. The number of hydrogen-bond acceptors (Lipinski definition) is 3. The maximum atomic E-state index is 11.6. The van der Waals surface area contributed by atoms with Gasteiger partial charge in [0.1, 0.15) is 0 Å². The van der Waals surface area contributed by atoms with Crippen molar-refractivity contribution >= 4 is 37.3 Å². The van der Waals surface area contributed by atoms with Crippen molar-refractivity contribution in [2.45, 2.75) is 18.1 Å². The second-order valence-corrected chi connectivity index (χ2v) is 6.50. The van der Waals surface area contributed by atoms with E-state index in [0.717, 1.165) is 17.3 Å². The van der Waals surface area contributed by atoms with Gasteiger partial charge >= 0.3 is 0 Å². The van der Waals surface area contributed by atoms with Crippen LogP contribution in [0.2, 0.25) is 0 Å². The molecule has 3 N–H and O–H groups in total. The Hall–Kier alpha value is -0.750. The lowest BCUT2D eigenvalue weighted by Gasteiger charge is -2.07. The number of anilines is 2. The van der Waals surface area contributed by atoms with Crippen LogP contribution in [0.15, 0.2) is 22.7 Å². The van der Waals surface area contributed by atoms with E-state index < -0.39 is 10.0 Å². The minimum Gasteiger partial charge on any atom is -0.399 e. The van der Waals surface area contributed by atoms with Gasteiger partial charge in [0, 0.05) is 10.2 Å². The van der Waals surface area contributed by atoms with Gasteiger partial charge in [-0.1, -0.05) is 15.9 Å². The predicted octanol–water partition coefficient (Wildman–Crippen LogP) is 1.94. The van der Waals surface area contributed by atoms with Crippen LogP contribution in [0, 0.1) is 0 Å². The molecule has 4 nitrogen and oxygen atoms in total. The Labute approximate surface area is 97.0 Å². The van der Waals surface area contributed by atoms with Gasteiger partial charge in [-0.15, -0.1) is 0 Å². The lowest BCUT2D eigenvalue weighted by Crippen LogP contribution is -2.17. The molecule has 82 valence electrons. The Morgan fingerprint density at radius 2 is 2.00 bits per heavy atom. The van der Waals surface area contributed by atoms with E-state index in [0.29, 0.717) is 11.4 Å². The van der Waals surface area contributed by atoms with Gasteiger partial charge < -0.3 is 5.73 Å². The van der Waals surface area contributed by atoms with Crippen molar-refractivity contribution in [1.82, 2.24) is 0 Å². The molecule has 15 heavy (non-hydrogen) atoms. The third-order valence-electron chi connectivity index (χ3n) is 2.14. The maximum Gasteiger partial charge on any atom is 0.235 e. The highest BCUT2D eigenvalue weighted by Gasteiger charge is 2.35. The zero-order chi connectivity index (χ0) is 11.1. The largest absolute Gasteiger partial charge is 0.399 e. The number of sulfonamides is 1. The Kier molecular flexibility index (Phi) is 2.64. The van der Waals surface area contributed by atoms with Crippen molar-refractivity contribution in [3.63, 3.8) is 0 Å². The summed E-state index contributed by atoms with van der Waals surface area (Å²) in [7, 11) is -3.20. The van der Waals surface area contributed by atoms with Crippen molar-refractivity contribution in [3.05, 3.63) is 22.7 Å². The number of benzene rings is 1. The molecule has 0 spiro atoms. The van der Waals surface area contributed by atoms with Crippen LogP contribution in [0.5, 0.6) is 0 Å². The van der Waals surface area contributed by atoms with E-state index in [2.05, 4.69) is 20.7 Å². The third-order valence-corrected chi connectivity index (χ3v) is 4.47. The molecule has 0 unspecified atom stereocenters. The summed E-state index contributed by atoms with van der Waals surface area (Å²) in [6, 6.07) is 5.01. The summed E-state index contributed by atoms with van der Waals surface area (Å²) < 4.78 is 26.5. The second kappa shape index (κ2) is 3.68. The summed E-state index contributed by atoms with van der Waals surface area (Å²) in [6.07, 6.45) is 1.50. The van der Waals surface area contributed by atoms with Gasteiger partial charge in [-0.2, -0.15) is 0 Å². The van der Waals surface area contributed by atoms with E-state index in [1.807, 2.05) is 0 Å². The zero-order valence-electron chi connectivity index (χ0n) is 7.90. The summed E-state index contributed by atoms with van der Waals surface area (Å²) in [4.78, 5) is 0. The van der Waals surface area contributed by atoms with Crippen LogP contribution in [0.3, 0.4) is 0 Å². The number of nitrogens with one attached hydrogen (secondary N) is 1. The van der Waals surface area contributed by atoms with Gasteiger partial charge in [-0.05, 0) is 31.0 Å². The smallest absolute Gasteiger partial charge is 0.235 e.